The molecule has 0 radical (unpaired) electrons. The molecule has 3 aromatic rings. The molecule has 0 spiro atoms. The maximum absolute atomic E-state index is 12.9. The summed E-state index contributed by atoms with van der Waals surface area (Å²) in [7, 11) is 0. The SMILES string of the molecule is Cc1nc(SCC(=O)N(CC(C)C)CC(C)C)c2c(-c3cccs3)csc2n1. The number of hydrogen-bond acceptors (Lipinski definition) is 6. The standard InChI is InChI=1S/C21H27N3OS3/c1-13(2)9-24(10-14(3)4)18(25)12-28-21-19-16(17-7-6-8-26-17)11-27-20(19)22-15(5)23-21/h6-8,11,13-14H,9-10,12H2,1-5H3. The van der Waals surface area contributed by atoms with Crippen molar-refractivity contribution in [1.29, 1.82) is 0 Å². The third-order valence-corrected chi connectivity index (χ3v) is 6.89. The van der Waals surface area contributed by atoms with E-state index in [-0.39, 0.29) is 5.91 Å². The van der Waals surface area contributed by atoms with E-state index < -0.39 is 0 Å². The van der Waals surface area contributed by atoms with Crippen LogP contribution in [0.4, 0.5) is 0 Å². The number of amides is 1. The number of hydrogen-bond donors (Lipinski definition) is 0. The minimum absolute atomic E-state index is 0.185. The summed E-state index contributed by atoms with van der Waals surface area (Å²) in [6.07, 6.45) is 0. The molecule has 3 heterocycles. The van der Waals surface area contributed by atoms with E-state index in [2.05, 4.69) is 60.6 Å². The van der Waals surface area contributed by atoms with E-state index in [1.807, 2.05) is 11.8 Å². The summed E-state index contributed by atoms with van der Waals surface area (Å²) >= 11 is 4.90. The van der Waals surface area contributed by atoms with Crippen LogP contribution in [0.5, 0.6) is 0 Å². The highest BCUT2D eigenvalue weighted by Crippen LogP contribution is 2.40. The minimum atomic E-state index is 0.185. The zero-order chi connectivity index (χ0) is 20.3. The summed E-state index contributed by atoms with van der Waals surface area (Å²) in [4.78, 5) is 26.4. The first-order chi connectivity index (χ1) is 13.3. The molecule has 1 amide bonds. The van der Waals surface area contributed by atoms with Gasteiger partial charge in [0, 0.05) is 28.9 Å². The third-order valence-electron chi connectivity index (χ3n) is 4.15. The third kappa shape index (κ3) is 5.13. The molecule has 0 aliphatic rings. The average molecular weight is 434 g/mol. The summed E-state index contributed by atoms with van der Waals surface area (Å²) in [5.74, 6) is 2.27. The summed E-state index contributed by atoms with van der Waals surface area (Å²) in [5, 5.41) is 6.23. The van der Waals surface area contributed by atoms with Crippen molar-refractivity contribution in [2.45, 2.75) is 39.6 Å². The molecule has 0 saturated carbocycles. The lowest BCUT2D eigenvalue weighted by Crippen LogP contribution is -2.38. The molecular weight excluding hydrogens is 406 g/mol. The Morgan fingerprint density at radius 2 is 1.86 bits per heavy atom. The van der Waals surface area contributed by atoms with Gasteiger partial charge in [0.1, 0.15) is 15.7 Å². The number of fused-ring (bicyclic) bond motifs is 1. The Bertz CT molecular complexity index is 922. The molecule has 0 aliphatic heterocycles. The number of rotatable bonds is 8. The minimum Gasteiger partial charge on any atom is -0.341 e. The van der Waals surface area contributed by atoms with Gasteiger partial charge in [-0.05, 0) is 30.2 Å². The van der Waals surface area contributed by atoms with E-state index in [0.717, 1.165) is 34.2 Å². The topological polar surface area (TPSA) is 46.1 Å². The lowest BCUT2D eigenvalue weighted by molar-refractivity contribution is -0.129. The molecule has 0 bridgehead atoms. The first-order valence-corrected chi connectivity index (χ1v) is 12.3. The normalized spacial score (nSPS) is 11.7. The zero-order valence-corrected chi connectivity index (χ0v) is 19.5. The van der Waals surface area contributed by atoms with Crippen molar-refractivity contribution in [3.63, 3.8) is 0 Å². The second-order valence-electron chi connectivity index (χ2n) is 7.76. The highest BCUT2D eigenvalue weighted by atomic mass is 32.2. The first kappa shape index (κ1) is 21.3. The summed E-state index contributed by atoms with van der Waals surface area (Å²) in [5.41, 5.74) is 1.17. The molecule has 3 aromatic heterocycles. The fourth-order valence-electron chi connectivity index (χ4n) is 3.11. The van der Waals surface area contributed by atoms with Crippen molar-refractivity contribution < 1.29 is 4.79 Å². The van der Waals surface area contributed by atoms with Gasteiger partial charge in [0.25, 0.3) is 0 Å². The average Bonchev–Trinajstić information content (AvgIpc) is 3.26. The number of carbonyl (C=O) groups is 1. The lowest BCUT2D eigenvalue weighted by atomic mass is 10.1. The second-order valence-corrected chi connectivity index (χ2v) is 10.5. The van der Waals surface area contributed by atoms with Gasteiger partial charge in [-0.2, -0.15) is 0 Å². The van der Waals surface area contributed by atoms with Gasteiger partial charge < -0.3 is 4.90 Å². The maximum atomic E-state index is 12.9. The molecule has 0 aliphatic carbocycles. The summed E-state index contributed by atoms with van der Waals surface area (Å²) < 4.78 is 0. The van der Waals surface area contributed by atoms with Crippen LogP contribution in [0, 0.1) is 18.8 Å². The van der Waals surface area contributed by atoms with Crippen LogP contribution in [0.2, 0.25) is 0 Å². The molecule has 0 atom stereocenters. The summed E-state index contributed by atoms with van der Waals surface area (Å²) in [6.45, 7) is 12.1. The Morgan fingerprint density at radius 1 is 1.14 bits per heavy atom. The van der Waals surface area contributed by atoms with Crippen LogP contribution >= 0.6 is 34.4 Å². The van der Waals surface area contributed by atoms with E-state index in [4.69, 9.17) is 0 Å². The van der Waals surface area contributed by atoms with Crippen LogP contribution in [0.15, 0.2) is 27.9 Å². The van der Waals surface area contributed by atoms with Gasteiger partial charge in [0.2, 0.25) is 5.91 Å². The van der Waals surface area contributed by atoms with Crippen LogP contribution < -0.4 is 0 Å². The highest BCUT2D eigenvalue weighted by Gasteiger charge is 2.20. The Kier molecular flexibility index (Phi) is 7.12. The van der Waals surface area contributed by atoms with Gasteiger partial charge in [-0.25, -0.2) is 9.97 Å². The molecule has 0 aromatic carbocycles. The van der Waals surface area contributed by atoms with E-state index in [1.165, 1.54) is 22.2 Å². The molecule has 4 nitrogen and oxygen atoms in total. The van der Waals surface area contributed by atoms with Crippen LogP contribution in [0.1, 0.15) is 33.5 Å². The van der Waals surface area contributed by atoms with Crippen molar-refractivity contribution in [3.8, 4) is 10.4 Å². The number of aromatic nitrogens is 2. The van der Waals surface area contributed by atoms with Gasteiger partial charge in [-0.1, -0.05) is 45.5 Å². The van der Waals surface area contributed by atoms with Gasteiger partial charge in [0.15, 0.2) is 0 Å². The lowest BCUT2D eigenvalue weighted by Gasteiger charge is -2.26. The van der Waals surface area contributed by atoms with Crippen LogP contribution in [0.25, 0.3) is 20.7 Å². The van der Waals surface area contributed by atoms with Gasteiger partial charge in [0.05, 0.1) is 11.1 Å². The molecule has 28 heavy (non-hydrogen) atoms. The largest absolute Gasteiger partial charge is 0.341 e. The molecule has 3 rings (SSSR count). The second kappa shape index (κ2) is 9.37. The number of nitrogens with zero attached hydrogens (tertiary/aromatic N) is 3. The van der Waals surface area contributed by atoms with E-state index in [1.54, 1.807) is 22.7 Å². The van der Waals surface area contributed by atoms with Crippen molar-refractivity contribution in [2.75, 3.05) is 18.8 Å². The molecule has 7 heteroatoms. The predicted molar refractivity (Wildman–Crippen MR) is 122 cm³/mol. The van der Waals surface area contributed by atoms with E-state index in [0.29, 0.717) is 17.6 Å². The molecule has 0 N–H and O–H groups in total. The molecular formula is C21H27N3OS3. The number of carbonyl (C=O) groups excluding carboxylic acids is 1. The number of thioether (sulfide) groups is 1. The Labute approximate surface area is 179 Å². The summed E-state index contributed by atoms with van der Waals surface area (Å²) in [6, 6.07) is 4.18. The van der Waals surface area contributed by atoms with Crippen molar-refractivity contribution in [1.82, 2.24) is 14.9 Å². The van der Waals surface area contributed by atoms with Gasteiger partial charge in [-0.15, -0.1) is 22.7 Å². The van der Waals surface area contributed by atoms with E-state index in [9.17, 15) is 4.79 Å². The predicted octanol–water partition coefficient (Wildman–Crippen LogP) is 5.96. The van der Waals surface area contributed by atoms with Gasteiger partial charge in [-0.3, -0.25) is 4.79 Å². The van der Waals surface area contributed by atoms with Crippen LogP contribution in [-0.2, 0) is 4.79 Å². The van der Waals surface area contributed by atoms with Crippen LogP contribution in [-0.4, -0.2) is 39.6 Å². The molecule has 150 valence electrons. The molecule has 0 fully saturated rings. The van der Waals surface area contributed by atoms with E-state index >= 15 is 0 Å². The monoisotopic (exact) mass is 433 g/mol. The number of thiophene rings is 2. The highest BCUT2D eigenvalue weighted by molar-refractivity contribution is 8.00. The fraction of sp³-hybridized carbons (Fsp3) is 0.476. The van der Waals surface area contributed by atoms with Crippen molar-refractivity contribution in [2.24, 2.45) is 11.8 Å². The van der Waals surface area contributed by atoms with Crippen molar-refractivity contribution in [3.05, 3.63) is 28.7 Å². The van der Waals surface area contributed by atoms with Gasteiger partial charge >= 0.3 is 0 Å². The Balaban J connectivity index is 1.85. The Morgan fingerprint density at radius 3 is 2.46 bits per heavy atom. The quantitative estimate of drug-likeness (QED) is 0.325. The number of aryl methyl sites for hydroxylation is 1. The smallest absolute Gasteiger partial charge is 0.233 e. The maximum Gasteiger partial charge on any atom is 0.233 e. The molecule has 0 unspecified atom stereocenters. The fourth-order valence-corrected chi connectivity index (χ4v) is 5.97. The van der Waals surface area contributed by atoms with Crippen LogP contribution in [0.3, 0.4) is 0 Å². The first-order valence-electron chi connectivity index (χ1n) is 9.55. The zero-order valence-electron chi connectivity index (χ0n) is 17.1. The molecule has 0 saturated heterocycles. The Hall–Kier alpha value is -1.44. The van der Waals surface area contributed by atoms with Crippen molar-refractivity contribution >= 4 is 50.6 Å².